The SMILES string of the molecule is CC(C)COC(=O)C[C@@H]1C(=O)NCCN1C(=O)C(C)C. The van der Waals surface area contributed by atoms with Crippen molar-refractivity contribution in [2.24, 2.45) is 11.8 Å². The van der Waals surface area contributed by atoms with E-state index in [1.807, 2.05) is 13.8 Å². The third kappa shape index (κ3) is 4.51. The highest BCUT2D eigenvalue weighted by Gasteiger charge is 2.35. The predicted molar refractivity (Wildman–Crippen MR) is 73.8 cm³/mol. The van der Waals surface area contributed by atoms with Gasteiger partial charge in [0.15, 0.2) is 0 Å². The minimum atomic E-state index is -0.752. The summed E-state index contributed by atoms with van der Waals surface area (Å²) in [5, 5.41) is 2.69. The fourth-order valence-electron chi connectivity index (χ4n) is 1.99. The zero-order valence-electron chi connectivity index (χ0n) is 12.6. The quantitative estimate of drug-likeness (QED) is 0.748. The van der Waals surface area contributed by atoms with Crippen LogP contribution in [0, 0.1) is 11.8 Å². The minimum absolute atomic E-state index is 0.0863. The number of carbonyl (C=O) groups excluding carboxylic acids is 3. The second-order valence-corrected chi connectivity index (χ2v) is 5.77. The lowest BCUT2D eigenvalue weighted by Gasteiger charge is -2.35. The predicted octanol–water partition coefficient (Wildman–Crippen LogP) is 0.559. The second-order valence-electron chi connectivity index (χ2n) is 5.77. The summed E-state index contributed by atoms with van der Waals surface area (Å²) in [5.74, 6) is -0.793. The number of nitrogens with zero attached hydrogens (tertiary/aromatic N) is 1. The van der Waals surface area contributed by atoms with Gasteiger partial charge in [0.25, 0.3) is 0 Å². The zero-order valence-corrected chi connectivity index (χ0v) is 12.6. The standard InChI is InChI=1S/C14H24N2O4/c1-9(2)8-20-12(17)7-11-13(18)15-5-6-16(11)14(19)10(3)4/h9-11H,5-8H2,1-4H3,(H,15,18)/t11-/m1/s1. The lowest BCUT2D eigenvalue weighted by molar-refractivity contribution is -0.153. The first-order chi connectivity index (χ1) is 9.32. The Morgan fingerprint density at radius 3 is 2.55 bits per heavy atom. The number of piperazine rings is 1. The van der Waals surface area contributed by atoms with Crippen molar-refractivity contribution in [1.82, 2.24) is 10.2 Å². The van der Waals surface area contributed by atoms with Gasteiger partial charge in [-0.2, -0.15) is 0 Å². The molecule has 0 aromatic heterocycles. The van der Waals surface area contributed by atoms with Gasteiger partial charge < -0.3 is 15.0 Å². The van der Waals surface area contributed by atoms with E-state index in [9.17, 15) is 14.4 Å². The molecule has 1 aliphatic rings. The Hall–Kier alpha value is -1.59. The van der Waals surface area contributed by atoms with Gasteiger partial charge in [0, 0.05) is 19.0 Å². The van der Waals surface area contributed by atoms with Gasteiger partial charge in [-0.3, -0.25) is 14.4 Å². The molecule has 0 unspecified atom stereocenters. The Kier molecular flexibility index (Phi) is 5.98. The van der Waals surface area contributed by atoms with Gasteiger partial charge in [-0.15, -0.1) is 0 Å². The van der Waals surface area contributed by atoms with E-state index in [0.717, 1.165) is 0 Å². The fraction of sp³-hybridized carbons (Fsp3) is 0.786. The van der Waals surface area contributed by atoms with Crippen molar-refractivity contribution in [3.8, 4) is 0 Å². The molecule has 1 N–H and O–H groups in total. The van der Waals surface area contributed by atoms with Crippen molar-refractivity contribution in [3.63, 3.8) is 0 Å². The van der Waals surface area contributed by atoms with E-state index in [-0.39, 0.29) is 30.1 Å². The Bertz CT molecular complexity index is 379. The van der Waals surface area contributed by atoms with Crippen LogP contribution in [0.1, 0.15) is 34.1 Å². The van der Waals surface area contributed by atoms with E-state index < -0.39 is 12.0 Å². The van der Waals surface area contributed by atoms with Crippen LogP contribution in [0.3, 0.4) is 0 Å². The molecule has 6 heteroatoms. The molecule has 0 saturated carbocycles. The zero-order chi connectivity index (χ0) is 15.3. The first kappa shape index (κ1) is 16.5. The van der Waals surface area contributed by atoms with Crippen molar-refractivity contribution in [1.29, 1.82) is 0 Å². The highest BCUT2D eigenvalue weighted by molar-refractivity contribution is 5.92. The van der Waals surface area contributed by atoms with Gasteiger partial charge in [-0.1, -0.05) is 27.7 Å². The third-order valence-electron chi connectivity index (χ3n) is 3.05. The molecular weight excluding hydrogens is 260 g/mol. The number of rotatable bonds is 5. The Morgan fingerprint density at radius 2 is 2.00 bits per heavy atom. The largest absolute Gasteiger partial charge is 0.465 e. The van der Waals surface area contributed by atoms with Gasteiger partial charge in [-0.25, -0.2) is 0 Å². The Labute approximate surface area is 119 Å². The van der Waals surface area contributed by atoms with Crippen LogP contribution < -0.4 is 5.32 Å². The van der Waals surface area contributed by atoms with Crippen LogP contribution >= 0.6 is 0 Å². The Morgan fingerprint density at radius 1 is 1.35 bits per heavy atom. The fourth-order valence-corrected chi connectivity index (χ4v) is 1.99. The molecule has 1 rings (SSSR count). The summed E-state index contributed by atoms with van der Waals surface area (Å²) in [6.45, 7) is 8.63. The summed E-state index contributed by atoms with van der Waals surface area (Å²) < 4.78 is 5.09. The van der Waals surface area contributed by atoms with E-state index in [1.54, 1.807) is 13.8 Å². The maximum absolute atomic E-state index is 12.1. The molecule has 1 atom stereocenters. The normalized spacial score (nSPS) is 19.2. The maximum atomic E-state index is 12.1. The molecule has 0 bridgehead atoms. The number of carbonyl (C=O) groups is 3. The van der Waals surface area contributed by atoms with Crippen LogP contribution in [0.4, 0.5) is 0 Å². The molecule has 20 heavy (non-hydrogen) atoms. The lowest BCUT2D eigenvalue weighted by atomic mass is 10.1. The highest BCUT2D eigenvalue weighted by atomic mass is 16.5. The number of esters is 1. The topological polar surface area (TPSA) is 75.7 Å². The van der Waals surface area contributed by atoms with Gasteiger partial charge in [0.1, 0.15) is 6.04 Å². The minimum Gasteiger partial charge on any atom is -0.465 e. The summed E-state index contributed by atoms with van der Waals surface area (Å²) in [6, 6.07) is -0.752. The van der Waals surface area contributed by atoms with Crippen LogP contribution in [0.25, 0.3) is 0 Å². The molecule has 1 aliphatic heterocycles. The molecule has 6 nitrogen and oxygen atoms in total. The Balaban J connectivity index is 2.68. The molecule has 1 fully saturated rings. The third-order valence-corrected chi connectivity index (χ3v) is 3.05. The van der Waals surface area contributed by atoms with Crippen molar-refractivity contribution in [2.45, 2.75) is 40.2 Å². The molecule has 1 saturated heterocycles. The number of hydrogen-bond donors (Lipinski definition) is 1. The number of ether oxygens (including phenoxy) is 1. The van der Waals surface area contributed by atoms with Gasteiger partial charge >= 0.3 is 5.97 Å². The number of amides is 2. The van der Waals surface area contributed by atoms with Gasteiger partial charge in [0.2, 0.25) is 11.8 Å². The molecular formula is C14H24N2O4. The molecule has 2 amide bonds. The van der Waals surface area contributed by atoms with Crippen LogP contribution in [-0.2, 0) is 19.1 Å². The number of nitrogens with one attached hydrogen (secondary N) is 1. The van der Waals surface area contributed by atoms with E-state index in [0.29, 0.717) is 19.7 Å². The first-order valence-electron chi connectivity index (χ1n) is 7.06. The molecule has 0 aliphatic carbocycles. The summed E-state index contributed by atoms with van der Waals surface area (Å²) in [4.78, 5) is 37.2. The summed E-state index contributed by atoms with van der Waals surface area (Å²) in [5.41, 5.74) is 0. The van der Waals surface area contributed by atoms with E-state index in [2.05, 4.69) is 5.32 Å². The molecule has 0 aromatic carbocycles. The summed E-state index contributed by atoms with van der Waals surface area (Å²) in [7, 11) is 0. The number of hydrogen-bond acceptors (Lipinski definition) is 4. The van der Waals surface area contributed by atoms with Gasteiger partial charge in [0.05, 0.1) is 13.0 Å². The second kappa shape index (κ2) is 7.26. The van der Waals surface area contributed by atoms with Crippen LogP contribution in [0.15, 0.2) is 0 Å². The first-order valence-corrected chi connectivity index (χ1v) is 7.06. The van der Waals surface area contributed by atoms with Crippen molar-refractivity contribution >= 4 is 17.8 Å². The monoisotopic (exact) mass is 284 g/mol. The average molecular weight is 284 g/mol. The van der Waals surface area contributed by atoms with Crippen molar-refractivity contribution in [2.75, 3.05) is 19.7 Å². The summed E-state index contributed by atoms with van der Waals surface area (Å²) >= 11 is 0. The maximum Gasteiger partial charge on any atom is 0.308 e. The van der Waals surface area contributed by atoms with Crippen LogP contribution in [0.2, 0.25) is 0 Å². The highest BCUT2D eigenvalue weighted by Crippen LogP contribution is 2.14. The van der Waals surface area contributed by atoms with E-state index in [4.69, 9.17) is 4.74 Å². The van der Waals surface area contributed by atoms with E-state index >= 15 is 0 Å². The molecule has 0 radical (unpaired) electrons. The van der Waals surface area contributed by atoms with Crippen LogP contribution in [-0.4, -0.2) is 48.4 Å². The smallest absolute Gasteiger partial charge is 0.308 e. The molecule has 0 aromatic rings. The van der Waals surface area contributed by atoms with Crippen molar-refractivity contribution in [3.05, 3.63) is 0 Å². The molecule has 0 spiro atoms. The molecule has 114 valence electrons. The van der Waals surface area contributed by atoms with Crippen molar-refractivity contribution < 1.29 is 19.1 Å². The van der Waals surface area contributed by atoms with Crippen LogP contribution in [0.5, 0.6) is 0 Å². The summed E-state index contributed by atoms with van der Waals surface area (Å²) in [6.07, 6.45) is -0.0863. The van der Waals surface area contributed by atoms with Gasteiger partial charge in [-0.05, 0) is 5.92 Å². The lowest BCUT2D eigenvalue weighted by Crippen LogP contribution is -2.58. The van der Waals surface area contributed by atoms with E-state index in [1.165, 1.54) is 4.90 Å². The average Bonchev–Trinajstić information content (AvgIpc) is 2.37. The molecule has 1 heterocycles.